The van der Waals surface area contributed by atoms with E-state index in [0.717, 1.165) is 122 Å². The summed E-state index contributed by atoms with van der Waals surface area (Å²) in [5.41, 5.74) is 0. The van der Waals surface area contributed by atoms with Gasteiger partial charge in [-0.25, -0.2) is 9.13 Å². The molecule has 5 unspecified atom stereocenters. The van der Waals surface area contributed by atoms with Crippen LogP contribution in [0.2, 0.25) is 0 Å². The van der Waals surface area contributed by atoms with E-state index in [4.69, 9.17) is 32.3 Å². The van der Waals surface area contributed by atoms with Crippen molar-refractivity contribution in [1.29, 1.82) is 0 Å². The molecule has 0 rings (SSSR count). The Hall–Kier alpha value is -3.27. The van der Waals surface area contributed by atoms with Crippen LogP contribution < -0.4 is 0 Å². The summed E-state index contributed by atoms with van der Waals surface area (Å²) in [6, 6.07) is 0. The highest BCUT2D eigenvalue weighted by atomic mass is 31.2. The average molecular weight is 1240 g/mol. The van der Waals surface area contributed by atoms with E-state index in [0.29, 0.717) is 19.3 Å². The minimum Gasteiger partial charge on any atom is -0.463 e. The lowest BCUT2D eigenvalue weighted by Gasteiger charge is -2.21. The Labute approximate surface area is 515 Å². The predicted molar refractivity (Wildman–Crippen MR) is 344 cm³/mol. The Balaban J connectivity index is 4.69. The van der Waals surface area contributed by atoms with E-state index in [9.17, 15) is 43.5 Å². The van der Waals surface area contributed by atoms with Gasteiger partial charge in [-0.15, -0.1) is 0 Å². The van der Waals surface area contributed by atoms with Crippen molar-refractivity contribution in [2.45, 2.75) is 283 Å². The van der Waals surface area contributed by atoms with Crippen LogP contribution in [0.1, 0.15) is 265 Å². The average Bonchev–Trinajstić information content (AvgIpc) is 3.52. The van der Waals surface area contributed by atoms with E-state index in [2.05, 4.69) is 106 Å². The SMILES string of the molecule is CC/C=C\C/C=C\C/C=C\C/C=C\C/C=C\CCCCCC(=O)OCC(O)COP(=O)(O)OCC(O)COP(=O)(O)OCC(COC(=O)CCCCCCC/C=C\C/C=C\CCCCC)OC(=O)CCCCCCCCCCCCCCCCC. The number of aliphatic hydroxyl groups is 2. The number of carbonyl (C=O) groups is 3. The molecule has 0 radical (unpaired) electrons. The zero-order valence-corrected chi connectivity index (χ0v) is 54.8. The van der Waals surface area contributed by atoms with Crippen LogP contribution in [-0.2, 0) is 55.8 Å². The van der Waals surface area contributed by atoms with Gasteiger partial charge < -0.3 is 34.2 Å². The van der Waals surface area contributed by atoms with E-state index in [1.54, 1.807) is 0 Å². The number of aliphatic hydroxyl groups excluding tert-OH is 2. The number of allylic oxidation sites excluding steroid dienone is 14. The second-order valence-electron chi connectivity index (χ2n) is 21.9. The zero-order chi connectivity index (χ0) is 62.4. The van der Waals surface area contributed by atoms with Crippen molar-refractivity contribution >= 4 is 33.6 Å². The summed E-state index contributed by atoms with van der Waals surface area (Å²) >= 11 is 0. The lowest BCUT2D eigenvalue weighted by atomic mass is 10.0. The molecule has 0 saturated carbocycles. The van der Waals surface area contributed by atoms with Crippen LogP contribution >= 0.6 is 15.6 Å². The molecule has 0 aromatic heterocycles. The van der Waals surface area contributed by atoms with Crippen LogP contribution in [0.3, 0.4) is 0 Å². The molecule has 0 aromatic rings. The molecule has 0 aliphatic heterocycles. The first-order valence-electron chi connectivity index (χ1n) is 32.9. The van der Waals surface area contributed by atoms with Crippen LogP contribution in [0.4, 0.5) is 0 Å². The fourth-order valence-corrected chi connectivity index (χ4v) is 10.2. The van der Waals surface area contributed by atoms with Crippen LogP contribution in [0.25, 0.3) is 0 Å². The van der Waals surface area contributed by atoms with E-state index in [1.165, 1.54) is 83.5 Å². The number of esters is 3. The van der Waals surface area contributed by atoms with E-state index < -0.39 is 91.5 Å². The van der Waals surface area contributed by atoms with Crippen molar-refractivity contribution in [2.75, 3.05) is 39.6 Å². The standard InChI is InChI=1S/C67H118O16P2/c1-4-7-10-13-16-19-22-25-28-29-30-31-34-36-38-41-44-47-50-53-65(70)77-56-62(68)57-79-84(73,74)80-58-63(69)59-81-85(75,76)82-61-64(83-67(72)55-52-49-46-43-40-37-33-27-24-21-18-15-12-9-6-3)60-78-66(71)54-51-48-45-42-39-35-32-26-23-20-17-14-11-8-5-2/h7,10,16-17,19-20,25-26,28,30-32,36,38,62-64,68-69H,4-6,8-9,11-15,18,21-24,27,29,33-35,37,39-61H2,1-3H3,(H,73,74)(H,75,76)/b10-7-,19-16-,20-17-,28-25-,31-30-,32-26-,38-36-. The molecule has 0 heterocycles. The summed E-state index contributed by atoms with van der Waals surface area (Å²) in [4.78, 5) is 58.3. The van der Waals surface area contributed by atoms with Crippen molar-refractivity contribution < 1.29 is 75.8 Å². The third-order valence-electron chi connectivity index (χ3n) is 13.6. The fourth-order valence-electron chi connectivity index (χ4n) is 8.57. The van der Waals surface area contributed by atoms with E-state index in [1.807, 2.05) is 0 Å². The second-order valence-corrected chi connectivity index (χ2v) is 24.8. The molecule has 0 spiro atoms. The number of ether oxygens (including phenoxy) is 3. The molecule has 0 aliphatic rings. The van der Waals surface area contributed by atoms with Gasteiger partial charge in [-0.1, -0.05) is 234 Å². The maximum absolute atomic E-state index is 12.9. The van der Waals surface area contributed by atoms with Crippen molar-refractivity contribution in [3.63, 3.8) is 0 Å². The normalized spacial score (nSPS) is 14.9. The predicted octanol–water partition coefficient (Wildman–Crippen LogP) is 17.8. The summed E-state index contributed by atoms with van der Waals surface area (Å²) in [7, 11) is -9.78. The molecule has 492 valence electrons. The summed E-state index contributed by atoms with van der Waals surface area (Å²) in [6.45, 7) is 2.48. The number of phosphoric ester groups is 2. The number of unbranched alkanes of at least 4 members (excludes halogenated alkanes) is 25. The number of hydrogen-bond donors (Lipinski definition) is 4. The first-order chi connectivity index (χ1) is 41.2. The second kappa shape index (κ2) is 61.0. The lowest BCUT2D eigenvalue weighted by molar-refractivity contribution is -0.161. The lowest BCUT2D eigenvalue weighted by Crippen LogP contribution is -2.30. The Morgan fingerprint density at radius 3 is 1.02 bits per heavy atom. The minimum atomic E-state index is -4.92. The fraction of sp³-hybridized carbons (Fsp3) is 0.746. The first-order valence-corrected chi connectivity index (χ1v) is 35.9. The molecule has 0 aliphatic carbocycles. The highest BCUT2D eigenvalue weighted by Gasteiger charge is 2.29. The van der Waals surface area contributed by atoms with Crippen molar-refractivity contribution in [3.05, 3.63) is 85.1 Å². The van der Waals surface area contributed by atoms with Crippen molar-refractivity contribution in [1.82, 2.24) is 0 Å². The Bertz CT molecular complexity index is 1900. The zero-order valence-electron chi connectivity index (χ0n) is 53.0. The molecule has 0 fully saturated rings. The minimum absolute atomic E-state index is 0.104. The van der Waals surface area contributed by atoms with Crippen molar-refractivity contribution in [3.8, 4) is 0 Å². The van der Waals surface area contributed by atoms with Gasteiger partial charge in [0.25, 0.3) is 0 Å². The third-order valence-corrected chi connectivity index (χ3v) is 15.5. The van der Waals surface area contributed by atoms with Gasteiger partial charge in [-0.3, -0.25) is 32.5 Å². The van der Waals surface area contributed by atoms with Gasteiger partial charge in [0.1, 0.15) is 25.4 Å². The van der Waals surface area contributed by atoms with E-state index in [-0.39, 0.29) is 19.3 Å². The molecule has 18 heteroatoms. The molecule has 85 heavy (non-hydrogen) atoms. The third kappa shape index (κ3) is 62.1. The van der Waals surface area contributed by atoms with Crippen LogP contribution in [-0.4, -0.2) is 95.9 Å². The monoisotopic (exact) mass is 1240 g/mol. The molecule has 16 nitrogen and oxygen atoms in total. The molecule has 0 aromatic carbocycles. The molecule has 0 amide bonds. The molecular weight excluding hydrogens is 1120 g/mol. The Morgan fingerprint density at radius 2 is 0.624 bits per heavy atom. The van der Waals surface area contributed by atoms with Crippen LogP contribution in [0, 0.1) is 0 Å². The van der Waals surface area contributed by atoms with Gasteiger partial charge in [0.15, 0.2) is 6.10 Å². The summed E-state index contributed by atoms with van der Waals surface area (Å²) in [6.07, 6.45) is 63.5. The van der Waals surface area contributed by atoms with Gasteiger partial charge in [0.05, 0.1) is 26.4 Å². The number of rotatable bonds is 62. The number of carbonyl (C=O) groups excluding carboxylic acids is 3. The molecule has 0 bridgehead atoms. The van der Waals surface area contributed by atoms with Gasteiger partial charge in [-0.2, -0.15) is 0 Å². The maximum Gasteiger partial charge on any atom is 0.472 e. The van der Waals surface area contributed by atoms with Crippen LogP contribution in [0.15, 0.2) is 85.1 Å². The summed E-state index contributed by atoms with van der Waals surface area (Å²) < 4.78 is 60.8. The number of hydrogen-bond acceptors (Lipinski definition) is 14. The molecular formula is C67H118O16P2. The van der Waals surface area contributed by atoms with E-state index >= 15 is 0 Å². The first kappa shape index (κ1) is 81.7. The molecule has 5 atom stereocenters. The molecule has 4 N–H and O–H groups in total. The van der Waals surface area contributed by atoms with Crippen molar-refractivity contribution in [2.24, 2.45) is 0 Å². The number of phosphoric acid groups is 2. The van der Waals surface area contributed by atoms with Gasteiger partial charge in [-0.05, 0) is 96.3 Å². The molecule has 0 saturated heterocycles. The Morgan fingerprint density at radius 1 is 0.341 bits per heavy atom. The summed E-state index contributed by atoms with van der Waals surface area (Å²) in [5, 5.41) is 20.5. The summed E-state index contributed by atoms with van der Waals surface area (Å²) in [5.74, 6) is -1.61. The highest BCUT2D eigenvalue weighted by molar-refractivity contribution is 7.47. The highest BCUT2D eigenvalue weighted by Crippen LogP contribution is 2.45. The largest absolute Gasteiger partial charge is 0.472 e. The topological polar surface area (TPSA) is 231 Å². The van der Waals surface area contributed by atoms with Crippen LogP contribution in [0.5, 0.6) is 0 Å². The van der Waals surface area contributed by atoms with Gasteiger partial charge in [0.2, 0.25) is 0 Å². The van der Waals surface area contributed by atoms with Gasteiger partial charge in [0, 0.05) is 19.3 Å². The maximum atomic E-state index is 12.9. The van der Waals surface area contributed by atoms with Gasteiger partial charge >= 0.3 is 33.6 Å². The smallest absolute Gasteiger partial charge is 0.463 e. The Kier molecular flexibility index (Phi) is 58.6. The quantitative estimate of drug-likeness (QED) is 0.0146.